The molecule has 0 bridgehead atoms. The minimum Gasteiger partial charge on any atom is -0.480 e. The van der Waals surface area contributed by atoms with Crippen LogP contribution in [0.1, 0.15) is 0 Å². The second-order valence-corrected chi connectivity index (χ2v) is 4.85. The zero-order chi connectivity index (χ0) is 13.2. The highest BCUT2D eigenvalue weighted by Gasteiger charge is 2.15. The van der Waals surface area contributed by atoms with Crippen molar-refractivity contribution in [3.05, 3.63) is 41.9 Å². The second-order valence-electron chi connectivity index (χ2n) is 3.98. The van der Waals surface area contributed by atoms with Gasteiger partial charge in [0, 0.05) is 17.1 Å². The second kappa shape index (κ2) is 4.74. The van der Waals surface area contributed by atoms with Crippen molar-refractivity contribution >= 4 is 28.1 Å². The molecule has 0 aliphatic heterocycles. The van der Waals surface area contributed by atoms with Crippen molar-refractivity contribution in [2.45, 2.75) is 0 Å². The number of rotatable bonds is 4. The van der Waals surface area contributed by atoms with Crippen LogP contribution in [0.2, 0.25) is 0 Å². The van der Waals surface area contributed by atoms with Gasteiger partial charge in [0.25, 0.3) is 0 Å². The maximum Gasteiger partial charge on any atom is 0.322 e. The molecule has 2 aromatic heterocycles. The molecule has 2 N–H and O–H groups in total. The fourth-order valence-corrected chi connectivity index (χ4v) is 2.63. The van der Waals surface area contributed by atoms with Gasteiger partial charge in [-0.2, -0.15) is 0 Å². The normalized spacial score (nSPS) is 10.7. The number of nitrogens with zero attached hydrogens (tertiary/aromatic N) is 2. The van der Waals surface area contributed by atoms with Gasteiger partial charge in [-0.1, -0.05) is 30.3 Å². The fraction of sp³-hybridized carbons (Fsp3) is 0.0769. The first kappa shape index (κ1) is 11.7. The summed E-state index contributed by atoms with van der Waals surface area (Å²) in [7, 11) is 0. The van der Waals surface area contributed by atoms with Gasteiger partial charge in [0.2, 0.25) is 0 Å². The van der Waals surface area contributed by atoms with Crippen molar-refractivity contribution in [3.8, 4) is 11.3 Å². The number of imidazole rings is 1. The first-order chi connectivity index (χ1) is 9.25. The summed E-state index contributed by atoms with van der Waals surface area (Å²) in [4.78, 5) is 16.1. The van der Waals surface area contributed by atoms with E-state index in [0.717, 1.165) is 16.2 Å². The van der Waals surface area contributed by atoms with Gasteiger partial charge >= 0.3 is 5.97 Å². The monoisotopic (exact) mass is 273 g/mol. The smallest absolute Gasteiger partial charge is 0.322 e. The number of thiazole rings is 1. The number of hydrogen-bond acceptors (Lipinski definition) is 4. The lowest BCUT2D eigenvalue weighted by molar-refractivity contribution is -0.134. The average molecular weight is 273 g/mol. The van der Waals surface area contributed by atoms with E-state index in [1.54, 1.807) is 0 Å². The van der Waals surface area contributed by atoms with Crippen LogP contribution in [-0.2, 0) is 4.79 Å². The number of carboxylic acid groups (broad SMARTS) is 1. The Morgan fingerprint density at radius 2 is 2.16 bits per heavy atom. The molecule has 2 heterocycles. The van der Waals surface area contributed by atoms with Gasteiger partial charge in [-0.3, -0.25) is 9.20 Å². The van der Waals surface area contributed by atoms with Gasteiger partial charge in [-0.05, 0) is 0 Å². The molecule has 0 fully saturated rings. The standard InChI is InChI=1S/C13H11N3O2S/c17-10(18)8-14-12-11(9-4-2-1-3-5-9)15-13-16(12)6-7-19-13/h1-7,14H,8H2,(H,17,18). The van der Waals surface area contributed by atoms with Crippen molar-refractivity contribution < 1.29 is 9.90 Å². The first-order valence-corrected chi connectivity index (χ1v) is 6.60. The van der Waals surface area contributed by atoms with Crippen LogP contribution >= 0.6 is 11.3 Å². The van der Waals surface area contributed by atoms with Crippen LogP contribution in [0.4, 0.5) is 5.82 Å². The number of benzene rings is 1. The summed E-state index contributed by atoms with van der Waals surface area (Å²) >= 11 is 1.52. The number of carboxylic acids is 1. The lowest BCUT2D eigenvalue weighted by Crippen LogP contribution is -2.13. The third kappa shape index (κ3) is 2.17. The van der Waals surface area contributed by atoms with Crippen molar-refractivity contribution in [1.82, 2.24) is 9.38 Å². The van der Waals surface area contributed by atoms with Gasteiger partial charge in [0.1, 0.15) is 18.1 Å². The van der Waals surface area contributed by atoms with E-state index in [1.807, 2.05) is 46.3 Å². The van der Waals surface area contributed by atoms with Crippen LogP contribution in [0.25, 0.3) is 16.2 Å². The Balaban J connectivity index is 2.10. The van der Waals surface area contributed by atoms with Crippen LogP contribution in [0, 0.1) is 0 Å². The molecule has 3 aromatic rings. The van der Waals surface area contributed by atoms with E-state index in [4.69, 9.17) is 5.11 Å². The molecule has 0 saturated heterocycles. The van der Waals surface area contributed by atoms with Crippen molar-refractivity contribution in [2.75, 3.05) is 11.9 Å². The van der Waals surface area contributed by atoms with Crippen LogP contribution in [-0.4, -0.2) is 27.0 Å². The van der Waals surface area contributed by atoms with E-state index in [1.165, 1.54) is 11.3 Å². The largest absolute Gasteiger partial charge is 0.480 e. The van der Waals surface area contributed by atoms with E-state index in [0.29, 0.717) is 5.82 Å². The lowest BCUT2D eigenvalue weighted by Gasteiger charge is -2.05. The van der Waals surface area contributed by atoms with Gasteiger partial charge in [-0.15, -0.1) is 11.3 Å². The maximum absolute atomic E-state index is 10.7. The average Bonchev–Trinajstić information content (AvgIpc) is 2.98. The highest BCUT2D eigenvalue weighted by molar-refractivity contribution is 7.15. The highest BCUT2D eigenvalue weighted by atomic mass is 32.1. The molecule has 1 aromatic carbocycles. The van der Waals surface area contributed by atoms with Crippen molar-refractivity contribution in [1.29, 1.82) is 0 Å². The van der Waals surface area contributed by atoms with Crippen molar-refractivity contribution in [3.63, 3.8) is 0 Å². The number of anilines is 1. The molecule has 0 saturated carbocycles. The Hall–Kier alpha value is -2.34. The molecule has 6 heteroatoms. The van der Waals surface area contributed by atoms with E-state index in [9.17, 15) is 4.79 Å². The summed E-state index contributed by atoms with van der Waals surface area (Å²) in [5.74, 6) is -0.186. The molecule has 0 atom stereocenters. The molecule has 0 aliphatic carbocycles. The number of aromatic nitrogens is 2. The van der Waals surface area contributed by atoms with E-state index in [-0.39, 0.29) is 6.54 Å². The topological polar surface area (TPSA) is 66.6 Å². The number of hydrogen-bond donors (Lipinski definition) is 2. The highest BCUT2D eigenvalue weighted by Crippen LogP contribution is 2.30. The first-order valence-electron chi connectivity index (χ1n) is 5.72. The Morgan fingerprint density at radius 1 is 1.37 bits per heavy atom. The van der Waals surface area contributed by atoms with Crippen LogP contribution < -0.4 is 5.32 Å². The minimum atomic E-state index is -0.899. The molecule has 3 rings (SSSR count). The summed E-state index contributed by atoms with van der Waals surface area (Å²) in [6.07, 6.45) is 1.88. The van der Waals surface area contributed by atoms with Crippen LogP contribution in [0.5, 0.6) is 0 Å². The quantitative estimate of drug-likeness (QED) is 0.766. The summed E-state index contributed by atoms with van der Waals surface area (Å²) in [5.41, 5.74) is 1.74. The molecule has 0 unspecified atom stereocenters. The SMILES string of the molecule is O=C(O)CNc1c(-c2ccccc2)nc2sccn12. The molecular weight excluding hydrogens is 262 g/mol. The number of aliphatic carboxylic acids is 1. The molecule has 0 spiro atoms. The Bertz CT molecular complexity index is 718. The molecule has 0 amide bonds. The van der Waals surface area contributed by atoms with Crippen LogP contribution in [0.3, 0.4) is 0 Å². The molecule has 5 nitrogen and oxygen atoms in total. The molecule has 96 valence electrons. The number of nitrogens with one attached hydrogen (secondary N) is 1. The van der Waals surface area contributed by atoms with E-state index < -0.39 is 5.97 Å². The summed E-state index contributed by atoms with van der Waals surface area (Å²) in [6.45, 7) is -0.135. The number of carbonyl (C=O) groups is 1. The summed E-state index contributed by atoms with van der Waals surface area (Å²) in [5, 5.41) is 13.7. The van der Waals surface area contributed by atoms with Crippen molar-refractivity contribution in [2.24, 2.45) is 0 Å². The van der Waals surface area contributed by atoms with Gasteiger partial charge in [0.15, 0.2) is 4.96 Å². The molecular formula is C13H11N3O2S. The molecule has 0 radical (unpaired) electrons. The number of fused-ring (bicyclic) bond motifs is 1. The molecule has 0 aliphatic rings. The predicted octanol–water partition coefficient (Wildman–Crippen LogP) is 2.56. The summed E-state index contributed by atoms with van der Waals surface area (Å²) in [6, 6.07) is 9.72. The van der Waals surface area contributed by atoms with Crippen LogP contribution in [0.15, 0.2) is 41.9 Å². The van der Waals surface area contributed by atoms with Gasteiger partial charge < -0.3 is 10.4 Å². The van der Waals surface area contributed by atoms with Gasteiger partial charge in [-0.25, -0.2) is 4.98 Å². The van der Waals surface area contributed by atoms with Gasteiger partial charge in [0.05, 0.1) is 0 Å². The fourth-order valence-electron chi connectivity index (χ4n) is 1.91. The van der Waals surface area contributed by atoms with E-state index >= 15 is 0 Å². The zero-order valence-electron chi connectivity index (χ0n) is 9.91. The maximum atomic E-state index is 10.7. The zero-order valence-corrected chi connectivity index (χ0v) is 10.7. The summed E-state index contributed by atoms with van der Waals surface area (Å²) < 4.78 is 1.87. The minimum absolute atomic E-state index is 0.135. The Labute approximate surface area is 113 Å². The predicted molar refractivity (Wildman–Crippen MR) is 74.6 cm³/mol. The Kier molecular flexibility index (Phi) is 2.92. The van der Waals surface area contributed by atoms with E-state index in [2.05, 4.69) is 10.3 Å². The molecule has 19 heavy (non-hydrogen) atoms. The third-order valence-corrected chi connectivity index (χ3v) is 3.47. The third-order valence-electron chi connectivity index (χ3n) is 2.72. The Morgan fingerprint density at radius 3 is 2.89 bits per heavy atom. The lowest BCUT2D eigenvalue weighted by atomic mass is 10.1.